The number of carboxylic acid groups (broad SMARTS) is 1. The van der Waals surface area contributed by atoms with Crippen molar-refractivity contribution in [1.29, 1.82) is 0 Å². The number of aliphatic carboxylic acids is 1. The van der Waals surface area contributed by atoms with Gasteiger partial charge in [-0.25, -0.2) is 8.78 Å². The highest BCUT2D eigenvalue weighted by Gasteiger charge is 2.27. The van der Waals surface area contributed by atoms with Crippen LogP contribution in [0.3, 0.4) is 0 Å². The summed E-state index contributed by atoms with van der Waals surface area (Å²) in [7, 11) is 0. The average Bonchev–Trinajstić information content (AvgIpc) is 3.35. The third kappa shape index (κ3) is 3.36. The normalized spacial score (nSPS) is 15.2. The monoisotopic (exact) mass is 359 g/mol. The van der Waals surface area contributed by atoms with Crippen LogP contribution in [0.5, 0.6) is 0 Å². The molecule has 1 unspecified atom stereocenters. The molecule has 26 heavy (non-hydrogen) atoms. The number of aryl methyl sites for hydroxylation is 3. The Bertz CT molecular complexity index is 865. The van der Waals surface area contributed by atoms with Crippen LogP contribution in [0.1, 0.15) is 59.0 Å². The van der Waals surface area contributed by atoms with Crippen LogP contribution in [0.25, 0.3) is 11.1 Å². The molecule has 3 rings (SSSR count). The van der Waals surface area contributed by atoms with Crippen LogP contribution in [0.2, 0.25) is 0 Å². The van der Waals surface area contributed by atoms with Crippen LogP contribution in [-0.4, -0.2) is 11.1 Å². The largest absolute Gasteiger partial charge is 0.481 e. The van der Waals surface area contributed by atoms with Gasteiger partial charge in [0, 0.05) is 17.2 Å². The van der Waals surface area contributed by atoms with Crippen LogP contribution < -0.4 is 5.73 Å². The quantitative estimate of drug-likeness (QED) is 0.797. The molecule has 138 valence electrons. The van der Waals surface area contributed by atoms with Crippen molar-refractivity contribution in [2.75, 3.05) is 0 Å². The zero-order valence-corrected chi connectivity index (χ0v) is 15.2. The average molecular weight is 359 g/mol. The van der Waals surface area contributed by atoms with Crippen LogP contribution in [-0.2, 0) is 4.79 Å². The van der Waals surface area contributed by atoms with Gasteiger partial charge in [-0.15, -0.1) is 0 Å². The third-order valence-electron chi connectivity index (χ3n) is 5.05. The van der Waals surface area contributed by atoms with Gasteiger partial charge in [0.1, 0.15) is 11.6 Å². The Morgan fingerprint density at radius 1 is 1.12 bits per heavy atom. The molecular weight excluding hydrogens is 336 g/mol. The summed E-state index contributed by atoms with van der Waals surface area (Å²) in [6.07, 6.45) is 1.82. The SMILES string of the molecule is Cc1cc(-c2c(C)cc(C3CC3)cc2C)c(F)c(C(N)CC(=O)O)c1F. The summed E-state index contributed by atoms with van der Waals surface area (Å²) in [6.45, 7) is 5.38. The topological polar surface area (TPSA) is 63.3 Å². The van der Waals surface area contributed by atoms with E-state index in [4.69, 9.17) is 10.8 Å². The predicted octanol–water partition coefficient (Wildman–Crippen LogP) is 4.91. The molecule has 2 aromatic carbocycles. The summed E-state index contributed by atoms with van der Waals surface area (Å²) in [5, 5.41) is 8.93. The first-order chi connectivity index (χ1) is 12.2. The van der Waals surface area contributed by atoms with Gasteiger partial charge in [0.05, 0.1) is 6.42 Å². The number of carbonyl (C=O) groups is 1. The fourth-order valence-corrected chi connectivity index (χ4v) is 3.67. The molecule has 2 aromatic rings. The zero-order chi connectivity index (χ0) is 19.2. The number of hydrogen-bond donors (Lipinski definition) is 2. The van der Waals surface area contributed by atoms with Crippen molar-refractivity contribution in [3.63, 3.8) is 0 Å². The number of nitrogens with two attached hydrogens (primary N) is 1. The van der Waals surface area contributed by atoms with Crippen molar-refractivity contribution in [2.24, 2.45) is 5.73 Å². The molecule has 0 spiro atoms. The van der Waals surface area contributed by atoms with Crippen molar-refractivity contribution < 1.29 is 18.7 Å². The molecule has 1 fully saturated rings. The van der Waals surface area contributed by atoms with Gasteiger partial charge in [0.15, 0.2) is 0 Å². The van der Waals surface area contributed by atoms with Crippen LogP contribution in [0, 0.1) is 32.4 Å². The molecule has 0 bridgehead atoms. The number of hydrogen-bond acceptors (Lipinski definition) is 2. The predicted molar refractivity (Wildman–Crippen MR) is 97.2 cm³/mol. The molecule has 0 amide bonds. The summed E-state index contributed by atoms with van der Waals surface area (Å²) in [4.78, 5) is 10.9. The maximum Gasteiger partial charge on any atom is 0.305 e. The molecule has 1 atom stereocenters. The second-order valence-electron chi connectivity index (χ2n) is 7.29. The molecule has 1 aliphatic rings. The first kappa shape index (κ1) is 18.5. The summed E-state index contributed by atoms with van der Waals surface area (Å²) in [5.74, 6) is -2.15. The highest BCUT2D eigenvalue weighted by molar-refractivity contribution is 5.74. The van der Waals surface area contributed by atoms with E-state index < -0.39 is 30.1 Å². The smallest absolute Gasteiger partial charge is 0.305 e. The van der Waals surface area contributed by atoms with E-state index in [0.29, 0.717) is 5.92 Å². The van der Waals surface area contributed by atoms with Crippen molar-refractivity contribution in [3.8, 4) is 11.1 Å². The fraction of sp³-hybridized carbons (Fsp3) is 0.381. The lowest BCUT2D eigenvalue weighted by molar-refractivity contribution is -0.137. The third-order valence-corrected chi connectivity index (χ3v) is 5.05. The number of halogens is 2. The summed E-state index contributed by atoms with van der Waals surface area (Å²) < 4.78 is 29.7. The second-order valence-corrected chi connectivity index (χ2v) is 7.29. The Labute approximate surface area is 151 Å². The number of carboxylic acids is 1. The molecule has 3 nitrogen and oxygen atoms in total. The maximum absolute atomic E-state index is 15.2. The Morgan fingerprint density at radius 3 is 2.19 bits per heavy atom. The molecule has 0 saturated heterocycles. The van der Waals surface area contributed by atoms with Gasteiger partial charge in [-0.05, 0) is 73.4 Å². The zero-order valence-electron chi connectivity index (χ0n) is 15.2. The van der Waals surface area contributed by atoms with Crippen LogP contribution in [0.15, 0.2) is 18.2 Å². The first-order valence-electron chi connectivity index (χ1n) is 8.78. The molecule has 1 saturated carbocycles. The van der Waals surface area contributed by atoms with E-state index in [-0.39, 0.29) is 16.7 Å². The Hall–Kier alpha value is -2.27. The van der Waals surface area contributed by atoms with Gasteiger partial charge >= 0.3 is 5.97 Å². The maximum atomic E-state index is 15.2. The Balaban J connectivity index is 2.17. The summed E-state index contributed by atoms with van der Waals surface area (Å²) >= 11 is 0. The molecule has 0 heterocycles. The van der Waals surface area contributed by atoms with E-state index >= 15 is 4.39 Å². The lowest BCUT2D eigenvalue weighted by Crippen LogP contribution is -2.19. The van der Waals surface area contributed by atoms with Crippen molar-refractivity contribution in [2.45, 2.75) is 52.0 Å². The lowest BCUT2D eigenvalue weighted by atomic mass is 9.88. The molecule has 0 aromatic heterocycles. The van der Waals surface area contributed by atoms with Gasteiger partial charge in [0.25, 0.3) is 0 Å². The number of rotatable bonds is 5. The fourth-order valence-electron chi connectivity index (χ4n) is 3.67. The van der Waals surface area contributed by atoms with Gasteiger partial charge < -0.3 is 10.8 Å². The standard InChI is InChI=1S/C21H23F2NO2/c1-10-6-14(13-4-5-13)7-11(2)18(10)15-8-12(3)20(22)19(21(15)23)16(24)9-17(25)26/h6-8,13,16H,4-5,9,24H2,1-3H3,(H,25,26). The van der Waals surface area contributed by atoms with E-state index in [1.54, 1.807) is 6.92 Å². The summed E-state index contributed by atoms with van der Waals surface area (Å²) in [5.41, 5.74) is 9.80. The summed E-state index contributed by atoms with van der Waals surface area (Å²) in [6, 6.07) is 4.37. The molecule has 0 aliphatic heterocycles. The highest BCUT2D eigenvalue weighted by atomic mass is 19.1. The van der Waals surface area contributed by atoms with Gasteiger partial charge in [-0.2, -0.15) is 0 Å². The minimum atomic E-state index is -1.24. The van der Waals surface area contributed by atoms with Gasteiger partial charge in [-0.1, -0.05) is 12.1 Å². The highest BCUT2D eigenvalue weighted by Crippen LogP contribution is 2.43. The van der Waals surface area contributed by atoms with Gasteiger partial charge in [0.2, 0.25) is 0 Å². The van der Waals surface area contributed by atoms with Crippen LogP contribution >= 0.6 is 0 Å². The lowest BCUT2D eigenvalue weighted by Gasteiger charge is -2.19. The van der Waals surface area contributed by atoms with E-state index in [9.17, 15) is 9.18 Å². The first-order valence-corrected chi connectivity index (χ1v) is 8.78. The molecular formula is C21H23F2NO2. The Kier molecular flexibility index (Phi) is 4.84. The van der Waals surface area contributed by atoms with E-state index in [1.165, 1.54) is 24.5 Å². The van der Waals surface area contributed by atoms with E-state index in [2.05, 4.69) is 12.1 Å². The van der Waals surface area contributed by atoms with Gasteiger partial charge in [-0.3, -0.25) is 4.79 Å². The van der Waals surface area contributed by atoms with Crippen molar-refractivity contribution in [1.82, 2.24) is 0 Å². The minimum Gasteiger partial charge on any atom is -0.481 e. The van der Waals surface area contributed by atoms with Crippen molar-refractivity contribution in [3.05, 3.63) is 57.7 Å². The van der Waals surface area contributed by atoms with E-state index in [1.807, 2.05) is 13.8 Å². The second kappa shape index (κ2) is 6.80. The van der Waals surface area contributed by atoms with E-state index in [0.717, 1.165) is 16.7 Å². The van der Waals surface area contributed by atoms with Crippen LogP contribution in [0.4, 0.5) is 8.78 Å². The molecule has 1 aliphatic carbocycles. The molecule has 3 N–H and O–H groups in total. The molecule has 5 heteroatoms. The van der Waals surface area contributed by atoms with Crippen molar-refractivity contribution >= 4 is 5.97 Å². The molecule has 0 radical (unpaired) electrons. The minimum absolute atomic E-state index is 0.252. The number of benzene rings is 2. The Morgan fingerprint density at radius 2 is 1.69 bits per heavy atom.